The van der Waals surface area contributed by atoms with E-state index in [1.807, 2.05) is 11.1 Å². The molecule has 1 aromatic carbocycles. The van der Waals surface area contributed by atoms with Gasteiger partial charge in [-0.25, -0.2) is 0 Å². The van der Waals surface area contributed by atoms with E-state index in [1.165, 1.54) is 22.3 Å². The molecule has 0 radical (unpaired) electrons. The molecule has 8 nitrogen and oxygen atoms in total. The fraction of sp³-hybridized carbons (Fsp3) is 0.562. The highest BCUT2D eigenvalue weighted by atomic mass is 79.9. The van der Waals surface area contributed by atoms with Crippen molar-refractivity contribution in [1.82, 2.24) is 14.8 Å². The largest absolute Gasteiger partial charge is 0.481 e. The number of hydrogen-bond donors (Lipinski definition) is 2. The zero-order valence-corrected chi connectivity index (χ0v) is 26.4. The second kappa shape index (κ2) is 13.4. The third kappa shape index (κ3) is 7.17. The molecule has 0 spiro atoms. The summed E-state index contributed by atoms with van der Waals surface area (Å²) in [5.41, 5.74) is 6.30. The van der Waals surface area contributed by atoms with Crippen LogP contribution in [0.4, 0.5) is 0 Å². The summed E-state index contributed by atoms with van der Waals surface area (Å²) in [6.45, 7) is 4.67. The van der Waals surface area contributed by atoms with Gasteiger partial charge in [0.2, 0.25) is 11.8 Å². The molecule has 2 N–H and O–H groups in total. The van der Waals surface area contributed by atoms with Crippen LogP contribution in [0.5, 0.6) is 0 Å². The van der Waals surface area contributed by atoms with Gasteiger partial charge >= 0.3 is 5.97 Å². The Balaban J connectivity index is 1.19. The van der Waals surface area contributed by atoms with Crippen molar-refractivity contribution in [2.75, 3.05) is 26.2 Å². The Bertz CT molecular complexity index is 1340. The summed E-state index contributed by atoms with van der Waals surface area (Å²) < 4.78 is 0.993. The second-order valence-electron chi connectivity index (χ2n) is 12.2. The summed E-state index contributed by atoms with van der Waals surface area (Å²) in [5.74, 6) is -0.387. The van der Waals surface area contributed by atoms with E-state index in [2.05, 4.69) is 41.1 Å². The van der Waals surface area contributed by atoms with Crippen LogP contribution in [-0.2, 0) is 27.2 Å². The average molecular weight is 661 g/mol. The van der Waals surface area contributed by atoms with Gasteiger partial charge in [0.15, 0.2) is 0 Å². The first-order valence-corrected chi connectivity index (χ1v) is 16.1. The number of rotatable bonds is 7. The number of fused-ring (bicyclic) bond motifs is 2. The van der Waals surface area contributed by atoms with Crippen LogP contribution in [0.1, 0.15) is 78.8 Å². The maximum Gasteiger partial charge on any atom is 0.305 e. The van der Waals surface area contributed by atoms with Crippen LogP contribution in [0, 0.1) is 18.8 Å². The molecular weight excluding hydrogens is 622 g/mol. The molecule has 2 aromatic rings. The second-order valence-corrected chi connectivity index (χ2v) is 13.5. The summed E-state index contributed by atoms with van der Waals surface area (Å²) in [4.78, 5) is 45.2. The summed E-state index contributed by atoms with van der Waals surface area (Å²) >= 11 is 10.1. The molecule has 0 unspecified atom stereocenters. The van der Waals surface area contributed by atoms with E-state index in [0.717, 1.165) is 66.8 Å². The Labute approximate surface area is 260 Å². The van der Waals surface area contributed by atoms with Gasteiger partial charge in [0.1, 0.15) is 0 Å². The molecule has 1 aromatic heterocycles. The molecule has 1 aliphatic carbocycles. The SMILES string of the molecule is Cc1cc(Cl)cc2c1[C@@H](C1CCN(C(=O)CC3CCN(C(=O)C[C@@H](O)CC(=O)O)CC3)CC1)c1ncc(Br)cc1CC2. The molecule has 2 amide bonds. The van der Waals surface area contributed by atoms with E-state index in [0.29, 0.717) is 25.4 Å². The van der Waals surface area contributed by atoms with Gasteiger partial charge in [-0.05, 0) is 114 Å². The van der Waals surface area contributed by atoms with Crippen LogP contribution in [0.25, 0.3) is 0 Å². The van der Waals surface area contributed by atoms with Gasteiger partial charge in [-0.15, -0.1) is 0 Å². The lowest BCUT2D eigenvalue weighted by molar-refractivity contribution is -0.140. The lowest BCUT2D eigenvalue weighted by Crippen LogP contribution is -2.43. The Morgan fingerprint density at radius 1 is 0.976 bits per heavy atom. The molecule has 3 heterocycles. The third-order valence-electron chi connectivity index (χ3n) is 9.29. The number of amides is 2. The van der Waals surface area contributed by atoms with Crippen molar-refractivity contribution < 1.29 is 24.6 Å². The molecule has 0 bridgehead atoms. The molecule has 10 heteroatoms. The number of pyridine rings is 1. The quantitative estimate of drug-likeness (QED) is 0.426. The van der Waals surface area contributed by atoms with Crippen molar-refractivity contribution in [1.29, 1.82) is 0 Å². The van der Waals surface area contributed by atoms with Crippen molar-refractivity contribution in [3.8, 4) is 0 Å². The number of benzene rings is 1. The number of carboxylic acids is 1. The number of aliphatic hydroxyl groups excluding tert-OH is 1. The van der Waals surface area contributed by atoms with Gasteiger partial charge in [-0.3, -0.25) is 19.4 Å². The van der Waals surface area contributed by atoms with Gasteiger partial charge in [0.25, 0.3) is 0 Å². The Hall–Kier alpha value is -2.49. The fourth-order valence-electron chi connectivity index (χ4n) is 7.16. The van der Waals surface area contributed by atoms with Crippen LogP contribution in [0.2, 0.25) is 5.02 Å². The maximum atomic E-state index is 13.3. The average Bonchev–Trinajstić information content (AvgIpc) is 3.09. The van der Waals surface area contributed by atoms with Gasteiger partial charge in [-0.2, -0.15) is 0 Å². The molecule has 0 saturated carbocycles. The lowest BCUT2D eigenvalue weighted by Gasteiger charge is -2.38. The maximum absolute atomic E-state index is 13.3. The molecule has 2 aliphatic heterocycles. The number of likely N-dealkylation sites (tertiary alicyclic amines) is 2. The number of carbonyl (C=O) groups excluding carboxylic acids is 2. The topological polar surface area (TPSA) is 111 Å². The molecule has 3 aliphatic rings. The predicted molar refractivity (Wildman–Crippen MR) is 163 cm³/mol. The molecule has 226 valence electrons. The fourth-order valence-corrected chi connectivity index (χ4v) is 7.84. The summed E-state index contributed by atoms with van der Waals surface area (Å²) in [5, 5.41) is 19.4. The Morgan fingerprint density at radius 2 is 1.62 bits per heavy atom. The number of aliphatic hydroxyl groups is 1. The first kappa shape index (κ1) is 31.0. The first-order valence-electron chi connectivity index (χ1n) is 15.0. The number of hydrogen-bond acceptors (Lipinski definition) is 5. The minimum Gasteiger partial charge on any atom is -0.481 e. The van der Waals surface area contributed by atoms with E-state index < -0.39 is 18.5 Å². The molecule has 2 atom stereocenters. The summed E-state index contributed by atoms with van der Waals surface area (Å²) in [7, 11) is 0. The number of nitrogens with zero attached hydrogens (tertiary/aromatic N) is 3. The van der Waals surface area contributed by atoms with E-state index in [-0.39, 0.29) is 30.1 Å². The molecular formula is C32H39BrClN3O5. The van der Waals surface area contributed by atoms with Crippen molar-refractivity contribution in [2.24, 2.45) is 11.8 Å². The number of aryl methyl sites for hydroxylation is 3. The minimum absolute atomic E-state index is 0.177. The van der Waals surface area contributed by atoms with E-state index in [1.54, 1.807) is 4.90 Å². The number of aliphatic carboxylic acids is 1. The highest BCUT2D eigenvalue weighted by Gasteiger charge is 2.36. The van der Waals surface area contributed by atoms with Crippen molar-refractivity contribution in [3.63, 3.8) is 0 Å². The number of halogens is 2. The zero-order valence-electron chi connectivity index (χ0n) is 24.0. The molecule has 2 fully saturated rings. The normalized spacial score (nSPS) is 20.4. The van der Waals surface area contributed by atoms with Crippen LogP contribution in [0.15, 0.2) is 28.9 Å². The van der Waals surface area contributed by atoms with E-state index in [4.69, 9.17) is 21.7 Å². The highest BCUT2D eigenvalue weighted by molar-refractivity contribution is 9.10. The van der Waals surface area contributed by atoms with Crippen molar-refractivity contribution in [3.05, 3.63) is 61.8 Å². The van der Waals surface area contributed by atoms with Gasteiger partial charge in [-0.1, -0.05) is 11.6 Å². The van der Waals surface area contributed by atoms with Crippen LogP contribution in [-0.4, -0.2) is 75.1 Å². The van der Waals surface area contributed by atoms with Crippen molar-refractivity contribution >= 4 is 45.3 Å². The van der Waals surface area contributed by atoms with Gasteiger partial charge < -0.3 is 20.0 Å². The number of carbonyl (C=O) groups is 3. The molecule has 5 rings (SSSR count). The standard InChI is InChI=1S/C32H39BrClN3O5/c1-19-12-25(34)15-22-2-3-23-14-24(33)18-35-32(23)31(30(19)22)21-6-10-37(11-7-21)27(39)13-20-4-8-36(9-5-20)28(40)16-26(38)17-29(41)42/h12,14-15,18,20-21,26,31,38H,2-11,13,16-17H2,1H3,(H,41,42)/t26-,31-/m1/s1. The smallest absolute Gasteiger partial charge is 0.305 e. The van der Waals surface area contributed by atoms with E-state index >= 15 is 0 Å². The third-order valence-corrected chi connectivity index (χ3v) is 9.94. The highest BCUT2D eigenvalue weighted by Crippen LogP contribution is 2.44. The zero-order chi connectivity index (χ0) is 30.0. The number of aromatic nitrogens is 1. The van der Waals surface area contributed by atoms with Crippen LogP contribution >= 0.6 is 27.5 Å². The first-order chi connectivity index (χ1) is 20.1. The predicted octanol–water partition coefficient (Wildman–Crippen LogP) is 5.13. The van der Waals surface area contributed by atoms with Crippen LogP contribution < -0.4 is 0 Å². The van der Waals surface area contributed by atoms with Gasteiger partial charge in [0, 0.05) is 54.2 Å². The molecule has 42 heavy (non-hydrogen) atoms. The minimum atomic E-state index is -1.17. The Morgan fingerprint density at radius 3 is 2.31 bits per heavy atom. The van der Waals surface area contributed by atoms with Crippen LogP contribution in [0.3, 0.4) is 0 Å². The number of piperidine rings is 2. The lowest BCUT2D eigenvalue weighted by atomic mass is 9.75. The van der Waals surface area contributed by atoms with Crippen molar-refractivity contribution in [2.45, 2.75) is 76.7 Å². The molecule has 2 saturated heterocycles. The number of carboxylic acid groups (broad SMARTS) is 1. The monoisotopic (exact) mass is 659 g/mol. The Kier molecular flexibility index (Phi) is 9.90. The summed E-state index contributed by atoms with van der Waals surface area (Å²) in [6, 6.07) is 6.38. The van der Waals surface area contributed by atoms with E-state index in [9.17, 15) is 19.5 Å². The van der Waals surface area contributed by atoms with Gasteiger partial charge in [0.05, 0.1) is 24.6 Å². The summed E-state index contributed by atoms with van der Waals surface area (Å²) in [6.07, 6.45) is 5.77.